The molecule has 0 radical (unpaired) electrons. The highest BCUT2D eigenvalue weighted by molar-refractivity contribution is 5.16. The zero-order valence-corrected chi connectivity index (χ0v) is 11.2. The maximum Gasteiger partial charge on any atom is 0.138 e. The molecule has 1 fully saturated rings. The van der Waals surface area contributed by atoms with E-state index >= 15 is 0 Å². The van der Waals surface area contributed by atoms with Crippen LogP contribution in [-0.4, -0.2) is 17.6 Å². The van der Waals surface area contributed by atoms with Crippen molar-refractivity contribution >= 4 is 0 Å². The second-order valence-corrected chi connectivity index (χ2v) is 5.31. The highest BCUT2D eigenvalue weighted by Gasteiger charge is 2.30. The fraction of sp³-hybridized carbons (Fsp3) is 0.667. The first-order valence-corrected chi connectivity index (χ1v) is 7.10. The van der Waals surface area contributed by atoms with E-state index in [1.807, 2.05) is 12.1 Å². The molecule has 1 aromatic rings. The molecule has 1 saturated carbocycles. The average molecular weight is 248 g/mol. The van der Waals surface area contributed by atoms with E-state index in [2.05, 4.69) is 11.9 Å². The molecule has 0 aromatic carbocycles. The highest BCUT2D eigenvalue weighted by atomic mass is 16.5. The normalized spacial score (nSPS) is 28.0. The second-order valence-electron chi connectivity index (χ2n) is 5.31. The number of pyridine rings is 1. The smallest absolute Gasteiger partial charge is 0.138 e. The third-order valence-corrected chi connectivity index (χ3v) is 3.96. The van der Waals surface area contributed by atoms with Crippen LogP contribution < -0.4 is 10.5 Å². The molecule has 3 unspecified atom stereocenters. The Morgan fingerprint density at radius 1 is 1.44 bits per heavy atom. The van der Waals surface area contributed by atoms with Crippen molar-refractivity contribution in [3.63, 3.8) is 0 Å². The molecule has 1 aliphatic carbocycles. The van der Waals surface area contributed by atoms with Gasteiger partial charge in [-0.2, -0.15) is 0 Å². The molecule has 0 bridgehead atoms. The molecule has 3 nitrogen and oxygen atoms in total. The Morgan fingerprint density at radius 2 is 2.33 bits per heavy atom. The lowest BCUT2D eigenvalue weighted by molar-refractivity contribution is 0.0666. The monoisotopic (exact) mass is 248 g/mol. The zero-order chi connectivity index (χ0) is 12.8. The first-order valence-electron chi connectivity index (χ1n) is 7.10. The molecule has 3 atom stereocenters. The van der Waals surface area contributed by atoms with Crippen LogP contribution in [0.5, 0.6) is 5.75 Å². The molecule has 0 amide bonds. The zero-order valence-electron chi connectivity index (χ0n) is 11.2. The Bertz CT molecular complexity index is 342. The highest BCUT2D eigenvalue weighted by Crippen LogP contribution is 2.33. The summed E-state index contributed by atoms with van der Waals surface area (Å²) in [6.45, 7) is 2.98. The quantitative estimate of drug-likeness (QED) is 0.871. The van der Waals surface area contributed by atoms with Crippen LogP contribution in [0.4, 0.5) is 0 Å². The summed E-state index contributed by atoms with van der Waals surface area (Å²) < 4.78 is 6.09. The van der Waals surface area contributed by atoms with Crippen LogP contribution in [0, 0.1) is 11.8 Å². The molecule has 3 heteroatoms. The summed E-state index contributed by atoms with van der Waals surface area (Å²) in [4.78, 5) is 4.10. The average Bonchev–Trinajstić information content (AvgIpc) is 2.41. The summed E-state index contributed by atoms with van der Waals surface area (Å²) >= 11 is 0. The Labute approximate surface area is 110 Å². The Balaban J connectivity index is 1.98. The number of rotatable bonds is 5. The van der Waals surface area contributed by atoms with Crippen molar-refractivity contribution in [1.82, 2.24) is 4.98 Å². The van der Waals surface area contributed by atoms with Crippen LogP contribution in [0.15, 0.2) is 24.5 Å². The van der Waals surface area contributed by atoms with Crippen molar-refractivity contribution in [2.75, 3.05) is 6.54 Å². The fourth-order valence-electron chi connectivity index (χ4n) is 2.95. The molecule has 0 spiro atoms. The van der Waals surface area contributed by atoms with E-state index in [-0.39, 0.29) is 6.10 Å². The van der Waals surface area contributed by atoms with Gasteiger partial charge in [0, 0.05) is 12.1 Å². The minimum absolute atomic E-state index is 0.268. The molecule has 1 aliphatic rings. The van der Waals surface area contributed by atoms with Gasteiger partial charge in [0.2, 0.25) is 0 Å². The summed E-state index contributed by atoms with van der Waals surface area (Å²) in [5.74, 6) is 2.18. The van der Waals surface area contributed by atoms with E-state index in [0.29, 0.717) is 5.92 Å². The number of ether oxygens (including phenoxy) is 1. The van der Waals surface area contributed by atoms with E-state index in [1.54, 1.807) is 12.4 Å². The van der Waals surface area contributed by atoms with Crippen molar-refractivity contribution in [1.29, 1.82) is 0 Å². The molecule has 1 heterocycles. The van der Waals surface area contributed by atoms with Crippen LogP contribution >= 0.6 is 0 Å². The van der Waals surface area contributed by atoms with Gasteiger partial charge in [0.15, 0.2) is 0 Å². The third kappa shape index (κ3) is 3.45. The van der Waals surface area contributed by atoms with Gasteiger partial charge in [-0.05, 0) is 43.9 Å². The first-order chi connectivity index (χ1) is 8.83. The van der Waals surface area contributed by atoms with E-state index in [4.69, 9.17) is 10.5 Å². The third-order valence-electron chi connectivity index (χ3n) is 3.96. The minimum atomic E-state index is 0.268. The van der Waals surface area contributed by atoms with E-state index in [9.17, 15) is 0 Å². The van der Waals surface area contributed by atoms with E-state index < -0.39 is 0 Å². The molecule has 0 saturated heterocycles. The van der Waals surface area contributed by atoms with Crippen molar-refractivity contribution in [3.05, 3.63) is 24.5 Å². The molecule has 18 heavy (non-hydrogen) atoms. The summed E-state index contributed by atoms with van der Waals surface area (Å²) in [6.07, 6.45) is 10.1. The fourth-order valence-corrected chi connectivity index (χ4v) is 2.95. The second kappa shape index (κ2) is 6.74. The SMILES string of the molecule is CCCC1CCC(CN)C(Oc2cccnc2)C1. The van der Waals surface area contributed by atoms with Crippen LogP contribution in [0.1, 0.15) is 39.0 Å². The minimum Gasteiger partial charge on any atom is -0.488 e. The largest absolute Gasteiger partial charge is 0.488 e. The first kappa shape index (κ1) is 13.3. The maximum absolute atomic E-state index is 6.09. The predicted octanol–water partition coefficient (Wildman–Crippen LogP) is 3.00. The van der Waals surface area contributed by atoms with Gasteiger partial charge in [-0.15, -0.1) is 0 Å². The molecular formula is C15H24N2O. The van der Waals surface area contributed by atoms with E-state index in [0.717, 1.165) is 24.6 Å². The van der Waals surface area contributed by atoms with Crippen LogP contribution in [-0.2, 0) is 0 Å². The molecule has 1 aromatic heterocycles. The lowest BCUT2D eigenvalue weighted by Crippen LogP contribution is -2.38. The molecule has 100 valence electrons. The molecule has 0 aliphatic heterocycles. The van der Waals surface area contributed by atoms with Crippen LogP contribution in [0.25, 0.3) is 0 Å². The van der Waals surface area contributed by atoms with Gasteiger partial charge in [0.25, 0.3) is 0 Å². The van der Waals surface area contributed by atoms with Gasteiger partial charge >= 0.3 is 0 Å². The Morgan fingerprint density at radius 3 is 3.00 bits per heavy atom. The van der Waals surface area contributed by atoms with Gasteiger partial charge in [0.05, 0.1) is 6.20 Å². The number of nitrogens with zero attached hydrogens (tertiary/aromatic N) is 1. The molecule has 2 rings (SSSR count). The van der Waals surface area contributed by atoms with Gasteiger partial charge in [-0.3, -0.25) is 4.98 Å². The summed E-state index contributed by atoms with van der Waals surface area (Å²) in [6, 6.07) is 3.89. The van der Waals surface area contributed by atoms with E-state index in [1.165, 1.54) is 25.7 Å². The number of aromatic nitrogens is 1. The van der Waals surface area contributed by atoms with Gasteiger partial charge in [-0.1, -0.05) is 19.8 Å². The van der Waals surface area contributed by atoms with Crippen molar-refractivity contribution in [2.24, 2.45) is 17.6 Å². The number of hydrogen-bond acceptors (Lipinski definition) is 3. The van der Waals surface area contributed by atoms with Crippen molar-refractivity contribution in [2.45, 2.75) is 45.1 Å². The number of nitrogens with two attached hydrogens (primary N) is 1. The van der Waals surface area contributed by atoms with Gasteiger partial charge in [-0.25, -0.2) is 0 Å². The standard InChI is InChI=1S/C15H24N2O/c1-2-4-12-6-7-13(10-16)15(9-12)18-14-5-3-8-17-11-14/h3,5,8,11-13,15H,2,4,6-7,9-10,16H2,1H3. The molecule has 2 N–H and O–H groups in total. The maximum atomic E-state index is 6.09. The molecular weight excluding hydrogens is 224 g/mol. The Kier molecular flexibility index (Phi) is 5.00. The predicted molar refractivity (Wildman–Crippen MR) is 73.4 cm³/mol. The lowest BCUT2D eigenvalue weighted by Gasteiger charge is -2.35. The van der Waals surface area contributed by atoms with Crippen molar-refractivity contribution < 1.29 is 4.74 Å². The van der Waals surface area contributed by atoms with Gasteiger partial charge in [0.1, 0.15) is 11.9 Å². The van der Waals surface area contributed by atoms with Gasteiger partial charge < -0.3 is 10.5 Å². The summed E-state index contributed by atoms with van der Waals surface area (Å²) in [7, 11) is 0. The van der Waals surface area contributed by atoms with Crippen LogP contribution in [0.3, 0.4) is 0 Å². The Hall–Kier alpha value is -1.09. The number of hydrogen-bond donors (Lipinski definition) is 1. The summed E-state index contributed by atoms with van der Waals surface area (Å²) in [5.41, 5.74) is 5.87. The van der Waals surface area contributed by atoms with Crippen molar-refractivity contribution in [3.8, 4) is 5.75 Å². The lowest BCUT2D eigenvalue weighted by atomic mass is 9.78. The topological polar surface area (TPSA) is 48.1 Å². The van der Waals surface area contributed by atoms with Crippen LogP contribution in [0.2, 0.25) is 0 Å². The summed E-state index contributed by atoms with van der Waals surface area (Å²) in [5, 5.41) is 0.